The second kappa shape index (κ2) is 6.88. The SMILES string of the molecule is CCN(CC(C)C#N)c1ccc(Cl)cc1CBr. The second-order valence-electron chi connectivity index (χ2n) is 3.98. The predicted molar refractivity (Wildman–Crippen MR) is 76.7 cm³/mol. The highest BCUT2D eigenvalue weighted by molar-refractivity contribution is 9.08. The lowest BCUT2D eigenvalue weighted by atomic mass is 10.1. The molecule has 1 rings (SSSR count). The van der Waals surface area contributed by atoms with E-state index < -0.39 is 0 Å². The first-order chi connectivity index (χ1) is 8.12. The highest BCUT2D eigenvalue weighted by Gasteiger charge is 2.12. The van der Waals surface area contributed by atoms with E-state index in [1.165, 1.54) is 0 Å². The molecule has 1 unspecified atom stereocenters. The molecular formula is C13H16BrClN2. The largest absolute Gasteiger partial charge is 0.370 e. The van der Waals surface area contributed by atoms with Gasteiger partial charge in [-0.2, -0.15) is 5.26 Å². The highest BCUT2D eigenvalue weighted by atomic mass is 79.9. The summed E-state index contributed by atoms with van der Waals surface area (Å²) in [5, 5.41) is 10.4. The quantitative estimate of drug-likeness (QED) is 0.761. The molecule has 2 nitrogen and oxygen atoms in total. The summed E-state index contributed by atoms with van der Waals surface area (Å²) in [6.45, 7) is 5.66. The maximum Gasteiger partial charge on any atom is 0.0671 e. The molecular weight excluding hydrogens is 300 g/mol. The molecule has 0 fully saturated rings. The lowest BCUT2D eigenvalue weighted by Crippen LogP contribution is -2.28. The van der Waals surface area contributed by atoms with Crippen LogP contribution in [0.5, 0.6) is 0 Å². The van der Waals surface area contributed by atoms with Crippen molar-refractivity contribution in [2.45, 2.75) is 19.2 Å². The predicted octanol–water partition coefficient (Wildman–Crippen LogP) is 4.22. The van der Waals surface area contributed by atoms with Gasteiger partial charge in [-0.15, -0.1) is 0 Å². The van der Waals surface area contributed by atoms with Gasteiger partial charge in [0, 0.05) is 29.1 Å². The molecule has 0 saturated carbocycles. The van der Waals surface area contributed by atoms with E-state index in [1.807, 2.05) is 25.1 Å². The van der Waals surface area contributed by atoms with Gasteiger partial charge in [-0.3, -0.25) is 0 Å². The fourth-order valence-electron chi connectivity index (χ4n) is 1.74. The van der Waals surface area contributed by atoms with Crippen LogP contribution in [0.1, 0.15) is 19.4 Å². The first-order valence-electron chi connectivity index (χ1n) is 5.61. The number of nitriles is 1. The van der Waals surface area contributed by atoms with Crippen molar-refractivity contribution >= 4 is 33.2 Å². The van der Waals surface area contributed by atoms with Crippen molar-refractivity contribution in [2.75, 3.05) is 18.0 Å². The third-order valence-electron chi connectivity index (χ3n) is 2.62. The normalized spacial score (nSPS) is 11.9. The van der Waals surface area contributed by atoms with Crippen LogP contribution in [0.2, 0.25) is 5.02 Å². The smallest absolute Gasteiger partial charge is 0.0671 e. The first kappa shape index (κ1) is 14.3. The van der Waals surface area contributed by atoms with E-state index in [1.54, 1.807) is 0 Å². The highest BCUT2D eigenvalue weighted by Crippen LogP contribution is 2.26. The minimum absolute atomic E-state index is 0.0220. The van der Waals surface area contributed by atoms with Crippen LogP contribution in [0.3, 0.4) is 0 Å². The summed E-state index contributed by atoms with van der Waals surface area (Å²) in [6, 6.07) is 8.14. The van der Waals surface area contributed by atoms with Gasteiger partial charge in [-0.1, -0.05) is 27.5 Å². The molecule has 1 atom stereocenters. The van der Waals surface area contributed by atoms with E-state index >= 15 is 0 Å². The Bertz CT molecular complexity index is 414. The number of halogens is 2. The molecule has 17 heavy (non-hydrogen) atoms. The zero-order valence-corrected chi connectivity index (χ0v) is 12.4. The Labute approximate surface area is 116 Å². The number of rotatable bonds is 5. The summed E-state index contributed by atoms with van der Waals surface area (Å²) >= 11 is 9.46. The van der Waals surface area contributed by atoms with Crippen LogP contribution < -0.4 is 4.90 Å². The molecule has 0 aliphatic heterocycles. The number of anilines is 1. The lowest BCUT2D eigenvalue weighted by Gasteiger charge is -2.26. The fourth-order valence-corrected chi connectivity index (χ4v) is 2.38. The average molecular weight is 316 g/mol. The third kappa shape index (κ3) is 3.90. The van der Waals surface area contributed by atoms with Crippen LogP contribution in [0.4, 0.5) is 5.69 Å². The Kier molecular flexibility index (Phi) is 5.80. The molecule has 0 spiro atoms. The van der Waals surface area contributed by atoms with E-state index in [4.69, 9.17) is 16.9 Å². The van der Waals surface area contributed by atoms with E-state index in [9.17, 15) is 0 Å². The molecule has 1 aromatic carbocycles. The van der Waals surface area contributed by atoms with Crippen molar-refractivity contribution in [3.8, 4) is 6.07 Å². The average Bonchev–Trinajstić information content (AvgIpc) is 2.35. The Morgan fingerprint density at radius 2 is 2.24 bits per heavy atom. The molecule has 0 heterocycles. The van der Waals surface area contributed by atoms with Crippen molar-refractivity contribution in [3.63, 3.8) is 0 Å². The Morgan fingerprint density at radius 3 is 2.76 bits per heavy atom. The summed E-state index contributed by atoms with van der Waals surface area (Å²) < 4.78 is 0. The zero-order chi connectivity index (χ0) is 12.8. The van der Waals surface area contributed by atoms with Gasteiger partial charge in [-0.05, 0) is 37.6 Å². The third-order valence-corrected chi connectivity index (χ3v) is 3.46. The lowest BCUT2D eigenvalue weighted by molar-refractivity contribution is 0.685. The maximum absolute atomic E-state index is 8.89. The van der Waals surface area contributed by atoms with Gasteiger partial charge in [-0.25, -0.2) is 0 Å². The van der Waals surface area contributed by atoms with Crippen LogP contribution in [0.25, 0.3) is 0 Å². The van der Waals surface area contributed by atoms with Gasteiger partial charge < -0.3 is 4.90 Å². The molecule has 0 aliphatic rings. The monoisotopic (exact) mass is 314 g/mol. The zero-order valence-electron chi connectivity index (χ0n) is 10.1. The van der Waals surface area contributed by atoms with Gasteiger partial charge in [0.25, 0.3) is 0 Å². The molecule has 92 valence electrons. The maximum atomic E-state index is 8.89. The number of hydrogen-bond acceptors (Lipinski definition) is 2. The van der Waals surface area contributed by atoms with Crippen molar-refractivity contribution in [1.29, 1.82) is 5.26 Å². The molecule has 0 radical (unpaired) electrons. The number of nitrogens with zero attached hydrogens (tertiary/aromatic N) is 2. The second-order valence-corrected chi connectivity index (χ2v) is 4.97. The molecule has 0 saturated heterocycles. The van der Waals surface area contributed by atoms with Crippen molar-refractivity contribution in [3.05, 3.63) is 28.8 Å². The minimum Gasteiger partial charge on any atom is -0.370 e. The molecule has 0 N–H and O–H groups in total. The molecule has 0 aromatic heterocycles. The summed E-state index contributed by atoms with van der Waals surface area (Å²) in [4.78, 5) is 2.21. The molecule has 1 aromatic rings. The van der Waals surface area contributed by atoms with Gasteiger partial charge >= 0.3 is 0 Å². The number of benzene rings is 1. The number of hydrogen-bond donors (Lipinski definition) is 0. The van der Waals surface area contributed by atoms with Crippen LogP contribution in [-0.2, 0) is 5.33 Å². The van der Waals surface area contributed by atoms with Gasteiger partial charge in [0.15, 0.2) is 0 Å². The number of alkyl halides is 1. The summed E-state index contributed by atoms with van der Waals surface area (Å²) in [7, 11) is 0. The summed E-state index contributed by atoms with van der Waals surface area (Å²) in [6.07, 6.45) is 0. The summed E-state index contributed by atoms with van der Waals surface area (Å²) in [5.74, 6) is 0.0220. The molecule has 4 heteroatoms. The van der Waals surface area contributed by atoms with Gasteiger partial charge in [0.05, 0.1) is 12.0 Å². The van der Waals surface area contributed by atoms with Crippen molar-refractivity contribution in [1.82, 2.24) is 0 Å². The summed E-state index contributed by atoms with van der Waals surface area (Å²) in [5.41, 5.74) is 2.31. The van der Waals surface area contributed by atoms with E-state index in [0.29, 0.717) is 0 Å². The standard InChI is InChI=1S/C13H16BrClN2/c1-3-17(9-10(2)8-16)13-5-4-12(15)6-11(13)7-14/h4-6,10H,3,7,9H2,1-2H3. The molecule has 0 amide bonds. The molecule has 0 aliphatic carbocycles. The van der Waals surface area contributed by atoms with E-state index in [0.717, 1.165) is 34.7 Å². The molecule has 0 bridgehead atoms. The Morgan fingerprint density at radius 1 is 1.53 bits per heavy atom. The van der Waals surface area contributed by atoms with Crippen molar-refractivity contribution < 1.29 is 0 Å². The van der Waals surface area contributed by atoms with E-state index in [-0.39, 0.29) is 5.92 Å². The van der Waals surface area contributed by atoms with Crippen LogP contribution in [-0.4, -0.2) is 13.1 Å². The fraction of sp³-hybridized carbons (Fsp3) is 0.462. The first-order valence-corrected chi connectivity index (χ1v) is 7.11. The minimum atomic E-state index is 0.0220. The van der Waals surface area contributed by atoms with Crippen molar-refractivity contribution in [2.24, 2.45) is 5.92 Å². The Hall–Kier alpha value is -0.720. The van der Waals surface area contributed by atoms with Crippen LogP contribution in [0.15, 0.2) is 18.2 Å². The Balaban J connectivity index is 2.99. The van der Waals surface area contributed by atoms with Crippen LogP contribution >= 0.6 is 27.5 Å². The van der Waals surface area contributed by atoms with Gasteiger partial charge in [0.1, 0.15) is 0 Å². The van der Waals surface area contributed by atoms with Crippen LogP contribution in [0, 0.1) is 17.2 Å². The van der Waals surface area contributed by atoms with Gasteiger partial charge in [0.2, 0.25) is 0 Å². The van der Waals surface area contributed by atoms with E-state index in [2.05, 4.69) is 33.8 Å². The topological polar surface area (TPSA) is 27.0 Å².